The number of hydrogen-bond acceptors (Lipinski definition) is 6. The van der Waals surface area contributed by atoms with E-state index in [1.165, 1.54) is 25.3 Å². The molecule has 2 N–H and O–H groups in total. The Bertz CT molecular complexity index is 822. The van der Waals surface area contributed by atoms with Crippen LogP contribution in [0.3, 0.4) is 0 Å². The minimum Gasteiger partial charge on any atom is -0.504 e. The Hall–Kier alpha value is -1.79. The van der Waals surface area contributed by atoms with Crippen LogP contribution < -0.4 is 4.74 Å². The van der Waals surface area contributed by atoms with Crippen molar-refractivity contribution in [1.82, 2.24) is 0 Å². The molecular weight excluding hydrogens is 372 g/mol. The molecule has 1 aromatic rings. The fourth-order valence-electron chi connectivity index (χ4n) is 5.84. The van der Waals surface area contributed by atoms with Gasteiger partial charge in [0.25, 0.3) is 0 Å². The monoisotopic (exact) mass is 404 g/mol. The second kappa shape index (κ2) is 6.61. The number of phenolic OH excluding ortho intramolecular Hbond substituents is 1. The molecular formula is C23H32O6. The summed E-state index contributed by atoms with van der Waals surface area (Å²) in [5, 5.41) is 21.4. The van der Waals surface area contributed by atoms with E-state index in [2.05, 4.69) is 13.8 Å². The highest BCUT2D eigenvalue weighted by atomic mass is 16.6. The number of rotatable bonds is 4. The topological polar surface area (TPSA) is 88.5 Å². The molecule has 29 heavy (non-hydrogen) atoms. The molecule has 0 bridgehead atoms. The maximum absolute atomic E-state index is 13.0. The standard InChI is InChI=1S/C23H32O6/c1-13(2)23(26)9-8-21(3)12-18-22(4,29-18)11-17(19(21)23)28-20(25)14-6-7-15(24)16(10-14)27-5/h6-7,10,13,17-19,24,26H,8-9,11-12H2,1-5H3/t17-,18-,19+,21+,22-,23-/m1/s1. The molecule has 6 heteroatoms. The van der Waals surface area contributed by atoms with E-state index in [1.807, 2.05) is 13.8 Å². The molecule has 6 nitrogen and oxygen atoms in total. The number of aliphatic hydroxyl groups is 1. The SMILES string of the molecule is COc1cc(C(=O)O[C@@H]2C[C@@]3(C)O[C@@H]3C[C@]3(C)CC[C@@](O)(C(C)C)[C@@H]23)ccc1O. The van der Waals surface area contributed by atoms with Gasteiger partial charge in [-0.2, -0.15) is 0 Å². The molecule has 3 fully saturated rings. The summed E-state index contributed by atoms with van der Waals surface area (Å²) >= 11 is 0. The lowest BCUT2D eigenvalue weighted by molar-refractivity contribution is -0.120. The van der Waals surface area contributed by atoms with Crippen LogP contribution in [-0.2, 0) is 9.47 Å². The lowest BCUT2D eigenvalue weighted by Crippen LogP contribution is -2.50. The van der Waals surface area contributed by atoms with Crippen LogP contribution in [0.2, 0.25) is 0 Å². The van der Waals surface area contributed by atoms with Gasteiger partial charge in [-0.1, -0.05) is 20.8 Å². The number of ether oxygens (including phenoxy) is 3. The third kappa shape index (κ3) is 3.21. The van der Waals surface area contributed by atoms with Crippen LogP contribution in [0.4, 0.5) is 0 Å². The van der Waals surface area contributed by atoms with Crippen molar-refractivity contribution in [2.45, 2.75) is 76.8 Å². The van der Waals surface area contributed by atoms with Crippen LogP contribution >= 0.6 is 0 Å². The molecule has 1 saturated heterocycles. The quantitative estimate of drug-likeness (QED) is 0.588. The van der Waals surface area contributed by atoms with Gasteiger partial charge in [-0.15, -0.1) is 0 Å². The number of epoxide rings is 1. The molecule has 1 aliphatic heterocycles. The second-order valence-corrected chi connectivity index (χ2v) is 9.94. The van der Waals surface area contributed by atoms with Crippen molar-refractivity contribution in [3.63, 3.8) is 0 Å². The molecule has 2 saturated carbocycles. The van der Waals surface area contributed by atoms with Crippen molar-refractivity contribution < 1.29 is 29.2 Å². The first kappa shape index (κ1) is 20.5. The van der Waals surface area contributed by atoms with E-state index in [1.54, 1.807) is 0 Å². The summed E-state index contributed by atoms with van der Waals surface area (Å²) in [4.78, 5) is 13.0. The van der Waals surface area contributed by atoms with Crippen molar-refractivity contribution in [2.24, 2.45) is 17.3 Å². The van der Waals surface area contributed by atoms with Gasteiger partial charge in [0.2, 0.25) is 0 Å². The van der Waals surface area contributed by atoms with Gasteiger partial charge in [0.05, 0.1) is 30.0 Å². The summed E-state index contributed by atoms with van der Waals surface area (Å²) in [6.45, 7) is 8.36. The summed E-state index contributed by atoms with van der Waals surface area (Å²) in [6.07, 6.45) is 2.76. The zero-order valence-corrected chi connectivity index (χ0v) is 17.9. The van der Waals surface area contributed by atoms with Crippen LogP contribution in [0.5, 0.6) is 11.5 Å². The molecule has 160 valence electrons. The van der Waals surface area contributed by atoms with Crippen LogP contribution in [0.15, 0.2) is 18.2 Å². The number of phenols is 1. The zero-order chi connectivity index (χ0) is 21.2. The van der Waals surface area contributed by atoms with Crippen LogP contribution in [0.25, 0.3) is 0 Å². The summed E-state index contributed by atoms with van der Waals surface area (Å²) in [6, 6.07) is 4.43. The lowest BCUT2D eigenvalue weighted by Gasteiger charge is -2.44. The summed E-state index contributed by atoms with van der Waals surface area (Å²) < 4.78 is 17.2. The third-order valence-electron chi connectivity index (χ3n) is 7.72. The third-order valence-corrected chi connectivity index (χ3v) is 7.72. The molecule has 6 atom stereocenters. The van der Waals surface area contributed by atoms with E-state index in [-0.39, 0.29) is 40.5 Å². The average Bonchev–Trinajstić information content (AvgIpc) is 3.19. The maximum Gasteiger partial charge on any atom is 0.338 e. The number of fused-ring (bicyclic) bond motifs is 2. The highest BCUT2D eigenvalue weighted by molar-refractivity contribution is 5.90. The molecule has 0 aromatic heterocycles. The fraction of sp³-hybridized carbons (Fsp3) is 0.696. The molecule has 0 amide bonds. The number of hydrogen-bond donors (Lipinski definition) is 2. The highest BCUT2D eigenvalue weighted by Gasteiger charge is 2.68. The van der Waals surface area contributed by atoms with E-state index in [0.29, 0.717) is 18.4 Å². The normalized spacial score (nSPS) is 40.7. The maximum atomic E-state index is 13.0. The first-order valence-electron chi connectivity index (χ1n) is 10.5. The average molecular weight is 405 g/mol. The van der Waals surface area contributed by atoms with Gasteiger partial charge < -0.3 is 24.4 Å². The Labute approximate surface area is 172 Å². The van der Waals surface area contributed by atoms with Crippen molar-refractivity contribution in [2.75, 3.05) is 7.11 Å². The van der Waals surface area contributed by atoms with Crippen molar-refractivity contribution in [1.29, 1.82) is 0 Å². The predicted molar refractivity (Wildman–Crippen MR) is 107 cm³/mol. The minimum absolute atomic E-state index is 0.0298. The van der Waals surface area contributed by atoms with E-state index >= 15 is 0 Å². The van der Waals surface area contributed by atoms with E-state index in [0.717, 1.165) is 12.8 Å². The van der Waals surface area contributed by atoms with Gasteiger partial charge >= 0.3 is 5.97 Å². The fourth-order valence-corrected chi connectivity index (χ4v) is 5.84. The number of methoxy groups -OCH3 is 1. The lowest BCUT2D eigenvalue weighted by atomic mass is 9.67. The zero-order valence-electron chi connectivity index (χ0n) is 17.9. The van der Waals surface area contributed by atoms with Crippen LogP contribution in [-0.4, -0.2) is 46.7 Å². The Morgan fingerprint density at radius 1 is 1.24 bits per heavy atom. The van der Waals surface area contributed by atoms with E-state index in [9.17, 15) is 15.0 Å². The molecule has 1 heterocycles. The van der Waals surface area contributed by atoms with E-state index < -0.39 is 17.7 Å². The van der Waals surface area contributed by atoms with Gasteiger partial charge in [0.15, 0.2) is 11.5 Å². The molecule has 0 radical (unpaired) electrons. The number of carbonyl (C=O) groups is 1. The number of esters is 1. The van der Waals surface area contributed by atoms with Gasteiger partial charge in [-0.25, -0.2) is 4.79 Å². The Balaban J connectivity index is 1.67. The number of benzene rings is 1. The van der Waals surface area contributed by atoms with E-state index in [4.69, 9.17) is 14.2 Å². The van der Waals surface area contributed by atoms with Gasteiger partial charge in [0.1, 0.15) is 6.10 Å². The van der Waals surface area contributed by atoms with Gasteiger partial charge in [-0.3, -0.25) is 0 Å². The number of aromatic hydroxyl groups is 1. The first-order valence-corrected chi connectivity index (χ1v) is 10.5. The smallest absolute Gasteiger partial charge is 0.338 e. The van der Waals surface area contributed by atoms with Crippen molar-refractivity contribution >= 4 is 5.97 Å². The molecule has 0 spiro atoms. The summed E-state index contributed by atoms with van der Waals surface area (Å²) in [5.74, 6) is -0.366. The molecule has 0 unspecified atom stereocenters. The van der Waals surface area contributed by atoms with Crippen molar-refractivity contribution in [3.05, 3.63) is 23.8 Å². The largest absolute Gasteiger partial charge is 0.504 e. The Morgan fingerprint density at radius 3 is 2.62 bits per heavy atom. The number of carbonyl (C=O) groups excluding carboxylic acids is 1. The molecule has 4 rings (SSSR count). The Kier molecular flexibility index (Phi) is 4.67. The second-order valence-electron chi connectivity index (χ2n) is 9.94. The van der Waals surface area contributed by atoms with Crippen LogP contribution in [0.1, 0.15) is 63.7 Å². The molecule has 3 aliphatic rings. The highest BCUT2D eigenvalue weighted by Crippen LogP contribution is 2.63. The molecule has 2 aliphatic carbocycles. The van der Waals surface area contributed by atoms with Crippen molar-refractivity contribution in [3.8, 4) is 11.5 Å². The minimum atomic E-state index is -0.876. The first-order chi connectivity index (χ1) is 13.5. The summed E-state index contributed by atoms with van der Waals surface area (Å²) in [5.41, 5.74) is -1.01. The predicted octanol–water partition coefficient (Wildman–Crippen LogP) is 3.68. The summed E-state index contributed by atoms with van der Waals surface area (Å²) in [7, 11) is 1.44. The van der Waals surface area contributed by atoms with Crippen LogP contribution in [0, 0.1) is 17.3 Å². The Morgan fingerprint density at radius 2 is 1.97 bits per heavy atom. The molecule has 1 aromatic carbocycles. The van der Waals surface area contributed by atoms with Gasteiger partial charge in [-0.05, 0) is 55.7 Å². The van der Waals surface area contributed by atoms with Gasteiger partial charge in [0, 0.05) is 12.3 Å².